The van der Waals surface area contributed by atoms with Gasteiger partial charge in [0.25, 0.3) is 9.05 Å². The van der Waals surface area contributed by atoms with E-state index >= 15 is 0 Å². The van der Waals surface area contributed by atoms with E-state index in [9.17, 15) is 17.2 Å². The summed E-state index contributed by atoms with van der Waals surface area (Å²) in [6.45, 7) is 5.02. The Hall–Kier alpha value is -1.14. The summed E-state index contributed by atoms with van der Waals surface area (Å²) < 4.78 is 53.4. The largest absolute Gasteiger partial charge is 0.485 e. The fraction of sp³-hybridized carbons (Fsp3) is 0.200. The molecule has 0 aromatic heterocycles. The summed E-state index contributed by atoms with van der Waals surface area (Å²) >= 11 is 0. The molecule has 94 valence electrons. The maximum atomic E-state index is 13.4. The summed E-state index contributed by atoms with van der Waals surface area (Å²) in [5, 5.41) is 0. The Morgan fingerprint density at radius 1 is 1.47 bits per heavy atom. The lowest BCUT2D eigenvalue weighted by molar-refractivity contribution is 0.321. The second-order valence-corrected chi connectivity index (χ2v) is 5.93. The molecule has 0 spiro atoms. The van der Waals surface area contributed by atoms with Crippen LogP contribution in [0.1, 0.15) is 6.92 Å². The molecule has 1 rings (SSSR count). The van der Waals surface area contributed by atoms with Gasteiger partial charge in [-0.05, 0) is 18.6 Å². The Balaban J connectivity index is 3.31. The van der Waals surface area contributed by atoms with Gasteiger partial charge in [-0.2, -0.15) is 0 Å². The summed E-state index contributed by atoms with van der Waals surface area (Å²) in [4.78, 5) is -0.738. The van der Waals surface area contributed by atoms with Gasteiger partial charge in [0.15, 0.2) is 11.6 Å². The van der Waals surface area contributed by atoms with Gasteiger partial charge in [-0.1, -0.05) is 6.58 Å². The first kappa shape index (κ1) is 13.9. The molecule has 3 nitrogen and oxygen atoms in total. The Morgan fingerprint density at radius 3 is 2.53 bits per heavy atom. The number of ether oxygens (including phenoxy) is 1. The number of halogens is 3. The van der Waals surface area contributed by atoms with Gasteiger partial charge in [0, 0.05) is 16.7 Å². The van der Waals surface area contributed by atoms with E-state index in [2.05, 4.69) is 6.58 Å². The van der Waals surface area contributed by atoms with Crippen LogP contribution >= 0.6 is 10.7 Å². The molecule has 1 aromatic carbocycles. The second-order valence-electron chi connectivity index (χ2n) is 3.40. The van der Waals surface area contributed by atoms with Crippen molar-refractivity contribution >= 4 is 19.7 Å². The fourth-order valence-electron chi connectivity index (χ4n) is 1.05. The second kappa shape index (κ2) is 5.01. The Kier molecular flexibility index (Phi) is 4.11. The maximum absolute atomic E-state index is 13.4. The average molecular weight is 283 g/mol. The molecule has 7 heteroatoms. The first-order valence-corrected chi connectivity index (χ1v) is 6.73. The van der Waals surface area contributed by atoms with Crippen LogP contribution < -0.4 is 4.74 Å². The lowest BCUT2D eigenvalue weighted by Gasteiger charge is -2.10. The van der Waals surface area contributed by atoms with Gasteiger partial charge in [0.2, 0.25) is 0 Å². The van der Waals surface area contributed by atoms with Gasteiger partial charge < -0.3 is 4.74 Å². The molecule has 0 heterocycles. The molecule has 0 aliphatic carbocycles. The maximum Gasteiger partial charge on any atom is 0.265 e. The molecule has 0 aliphatic heterocycles. The highest BCUT2D eigenvalue weighted by Crippen LogP contribution is 2.31. The topological polar surface area (TPSA) is 43.4 Å². The van der Waals surface area contributed by atoms with Gasteiger partial charge in [0.1, 0.15) is 17.3 Å². The van der Waals surface area contributed by atoms with Crippen LogP contribution in [0.4, 0.5) is 8.78 Å². The van der Waals surface area contributed by atoms with Crippen LogP contribution in [0.3, 0.4) is 0 Å². The summed E-state index contributed by atoms with van der Waals surface area (Å²) in [7, 11) is 0.771. The van der Waals surface area contributed by atoms with Gasteiger partial charge >= 0.3 is 0 Å². The van der Waals surface area contributed by atoms with Crippen molar-refractivity contribution in [1.82, 2.24) is 0 Å². The first-order valence-electron chi connectivity index (χ1n) is 4.42. The lowest BCUT2D eigenvalue weighted by atomic mass is 10.3. The molecule has 0 bridgehead atoms. The average Bonchev–Trinajstić information content (AvgIpc) is 2.13. The molecule has 0 aliphatic rings. The van der Waals surface area contributed by atoms with Crippen LogP contribution in [0.2, 0.25) is 0 Å². The van der Waals surface area contributed by atoms with E-state index in [1.165, 1.54) is 0 Å². The highest BCUT2D eigenvalue weighted by molar-refractivity contribution is 8.13. The van der Waals surface area contributed by atoms with Gasteiger partial charge in [0.05, 0.1) is 0 Å². The van der Waals surface area contributed by atoms with E-state index < -0.39 is 31.3 Å². The van der Waals surface area contributed by atoms with Crippen LogP contribution in [-0.2, 0) is 9.05 Å². The third-order valence-corrected chi connectivity index (χ3v) is 3.03. The number of rotatable bonds is 4. The van der Waals surface area contributed by atoms with Crippen molar-refractivity contribution in [2.75, 3.05) is 6.61 Å². The van der Waals surface area contributed by atoms with E-state index in [0.29, 0.717) is 17.7 Å². The highest BCUT2D eigenvalue weighted by Gasteiger charge is 2.22. The molecule has 0 saturated heterocycles. The van der Waals surface area contributed by atoms with Crippen molar-refractivity contribution in [3.05, 3.63) is 35.9 Å². The van der Waals surface area contributed by atoms with Gasteiger partial charge in [-0.3, -0.25) is 0 Å². The predicted molar refractivity (Wildman–Crippen MR) is 59.7 cm³/mol. The predicted octanol–water partition coefficient (Wildman–Crippen LogP) is 2.85. The molecular formula is C10H9ClF2O3S. The lowest BCUT2D eigenvalue weighted by Crippen LogP contribution is -2.05. The summed E-state index contributed by atoms with van der Waals surface area (Å²) in [5.41, 5.74) is 0.548. The molecule has 0 radical (unpaired) electrons. The molecule has 0 N–H and O–H groups in total. The monoisotopic (exact) mass is 282 g/mol. The Morgan fingerprint density at radius 2 is 2.06 bits per heavy atom. The molecule has 1 aromatic rings. The zero-order chi connectivity index (χ0) is 13.2. The van der Waals surface area contributed by atoms with Crippen LogP contribution in [0.5, 0.6) is 5.75 Å². The van der Waals surface area contributed by atoms with Crippen LogP contribution in [-0.4, -0.2) is 15.0 Å². The summed E-state index contributed by atoms with van der Waals surface area (Å²) in [6.07, 6.45) is 0. The van der Waals surface area contributed by atoms with Crippen LogP contribution in [0.25, 0.3) is 0 Å². The van der Waals surface area contributed by atoms with Gasteiger partial charge in [-0.25, -0.2) is 17.2 Å². The molecule has 0 atom stereocenters. The first-order chi connectivity index (χ1) is 7.71. The normalized spacial score (nSPS) is 11.3. The van der Waals surface area contributed by atoms with Crippen molar-refractivity contribution in [1.29, 1.82) is 0 Å². The zero-order valence-corrected chi connectivity index (χ0v) is 10.4. The van der Waals surface area contributed by atoms with Crippen molar-refractivity contribution < 1.29 is 21.9 Å². The van der Waals surface area contributed by atoms with E-state index in [1.54, 1.807) is 6.92 Å². The molecule has 0 amide bonds. The molecular weight excluding hydrogens is 274 g/mol. The quantitative estimate of drug-likeness (QED) is 0.630. The minimum absolute atomic E-state index is 0.0953. The number of benzene rings is 1. The smallest absolute Gasteiger partial charge is 0.265 e. The van der Waals surface area contributed by atoms with Crippen molar-refractivity contribution in [2.24, 2.45) is 0 Å². The van der Waals surface area contributed by atoms with Crippen molar-refractivity contribution in [3.63, 3.8) is 0 Å². The standard InChI is InChI=1S/C10H9ClF2O3S/c1-6(2)5-16-10-8(13)3-7(12)4-9(10)17(11,14)15/h3-4H,1,5H2,2H3. The minimum atomic E-state index is -4.29. The van der Waals surface area contributed by atoms with Crippen molar-refractivity contribution in [2.45, 2.75) is 11.8 Å². The van der Waals surface area contributed by atoms with E-state index in [1.807, 2.05) is 0 Å². The fourth-order valence-corrected chi connectivity index (χ4v) is 2.03. The van der Waals surface area contributed by atoms with Crippen LogP contribution in [0, 0.1) is 11.6 Å². The molecule has 17 heavy (non-hydrogen) atoms. The highest BCUT2D eigenvalue weighted by atomic mass is 35.7. The van der Waals surface area contributed by atoms with Crippen molar-refractivity contribution in [3.8, 4) is 5.75 Å². The van der Waals surface area contributed by atoms with E-state index in [0.717, 1.165) is 0 Å². The third kappa shape index (κ3) is 3.67. The molecule has 0 fully saturated rings. The third-order valence-electron chi connectivity index (χ3n) is 1.70. The zero-order valence-electron chi connectivity index (χ0n) is 8.84. The number of hydrogen-bond acceptors (Lipinski definition) is 3. The molecule has 0 saturated carbocycles. The van der Waals surface area contributed by atoms with E-state index in [-0.39, 0.29) is 6.61 Å². The number of hydrogen-bond donors (Lipinski definition) is 0. The van der Waals surface area contributed by atoms with Gasteiger partial charge in [-0.15, -0.1) is 0 Å². The molecule has 0 unspecified atom stereocenters. The summed E-state index contributed by atoms with van der Waals surface area (Å²) in [6, 6.07) is 1.11. The Bertz CT molecular complexity index is 555. The van der Waals surface area contributed by atoms with Crippen LogP contribution in [0.15, 0.2) is 29.2 Å². The summed E-state index contributed by atoms with van der Waals surface area (Å²) in [5.74, 6) is -2.79. The SMILES string of the molecule is C=C(C)COc1c(F)cc(F)cc1S(=O)(=O)Cl. The van der Waals surface area contributed by atoms with E-state index in [4.69, 9.17) is 15.4 Å². The minimum Gasteiger partial charge on any atom is -0.485 e. The Labute approximate surface area is 102 Å².